The summed E-state index contributed by atoms with van der Waals surface area (Å²) in [6, 6.07) is 5.64. The third kappa shape index (κ3) is 4.19. The van der Waals surface area contributed by atoms with E-state index in [9.17, 15) is 9.50 Å². The van der Waals surface area contributed by atoms with Gasteiger partial charge in [-0.15, -0.1) is 0 Å². The van der Waals surface area contributed by atoms with Gasteiger partial charge in [0.2, 0.25) is 0 Å². The lowest BCUT2D eigenvalue weighted by Crippen LogP contribution is -2.35. The number of hydrogen-bond donors (Lipinski definition) is 1. The minimum absolute atomic E-state index is 0.205. The molecule has 0 bridgehead atoms. The second kappa shape index (κ2) is 7.26. The third-order valence-electron chi connectivity index (χ3n) is 4.48. The lowest BCUT2D eigenvalue weighted by atomic mass is 10.1. The highest BCUT2D eigenvalue weighted by Crippen LogP contribution is 2.31. The number of benzene rings is 1. The van der Waals surface area contributed by atoms with Crippen molar-refractivity contribution in [2.45, 2.75) is 65.0 Å². The Bertz CT molecular complexity index is 453. The second-order valence-corrected chi connectivity index (χ2v) is 6.70. The highest BCUT2D eigenvalue weighted by molar-refractivity contribution is 5.50. The number of hydrogen-bond acceptors (Lipinski definition) is 2. The van der Waals surface area contributed by atoms with Gasteiger partial charge in [-0.25, -0.2) is 4.39 Å². The maximum absolute atomic E-state index is 14.5. The van der Waals surface area contributed by atoms with E-state index in [1.165, 1.54) is 18.9 Å². The Morgan fingerprint density at radius 1 is 1.24 bits per heavy atom. The standard InChI is InChI=1S/C18H28FNO/c1-13(2)10-11-20(16-6-4-5-7-16)18-9-8-15(14(3)21)12-17(18)19/h8-9,12-14,16,21H,4-7,10-11H2,1-3H3/t14-/m0/s1. The van der Waals surface area contributed by atoms with Gasteiger partial charge < -0.3 is 10.0 Å². The zero-order valence-corrected chi connectivity index (χ0v) is 13.5. The SMILES string of the molecule is CC(C)CCN(c1ccc([C@H](C)O)cc1F)C1CCCC1. The summed E-state index contributed by atoms with van der Waals surface area (Å²) in [4.78, 5) is 2.26. The number of aliphatic hydroxyl groups is 1. The molecule has 1 aliphatic carbocycles. The molecule has 0 unspecified atom stereocenters. The van der Waals surface area contributed by atoms with Crippen molar-refractivity contribution in [1.82, 2.24) is 0 Å². The first kappa shape index (κ1) is 16.3. The Balaban J connectivity index is 2.22. The lowest BCUT2D eigenvalue weighted by Gasteiger charge is -2.32. The number of anilines is 1. The molecular formula is C18H28FNO. The van der Waals surface area contributed by atoms with Crippen LogP contribution in [0.25, 0.3) is 0 Å². The van der Waals surface area contributed by atoms with E-state index in [4.69, 9.17) is 0 Å². The van der Waals surface area contributed by atoms with Crippen molar-refractivity contribution < 1.29 is 9.50 Å². The van der Waals surface area contributed by atoms with Gasteiger partial charge in [-0.1, -0.05) is 32.8 Å². The maximum Gasteiger partial charge on any atom is 0.146 e. The summed E-state index contributed by atoms with van der Waals surface area (Å²) in [6.45, 7) is 6.99. The molecule has 1 N–H and O–H groups in total. The van der Waals surface area contributed by atoms with E-state index in [2.05, 4.69) is 18.7 Å². The fraction of sp³-hybridized carbons (Fsp3) is 0.667. The van der Waals surface area contributed by atoms with Crippen LogP contribution in [0.3, 0.4) is 0 Å². The molecule has 0 aliphatic heterocycles. The van der Waals surface area contributed by atoms with Crippen LogP contribution < -0.4 is 4.90 Å². The molecule has 21 heavy (non-hydrogen) atoms. The summed E-state index contributed by atoms with van der Waals surface area (Å²) in [5.74, 6) is 0.415. The van der Waals surface area contributed by atoms with E-state index in [1.807, 2.05) is 12.1 Å². The Kier molecular flexibility index (Phi) is 5.63. The highest BCUT2D eigenvalue weighted by atomic mass is 19.1. The third-order valence-corrected chi connectivity index (χ3v) is 4.48. The van der Waals surface area contributed by atoms with Crippen LogP contribution >= 0.6 is 0 Å². The number of rotatable bonds is 6. The Hall–Kier alpha value is -1.09. The van der Waals surface area contributed by atoms with Crippen LogP contribution in [0, 0.1) is 11.7 Å². The lowest BCUT2D eigenvalue weighted by molar-refractivity contribution is 0.199. The predicted octanol–water partition coefficient (Wildman–Crippen LogP) is 4.67. The maximum atomic E-state index is 14.5. The molecule has 1 atom stereocenters. The van der Waals surface area contributed by atoms with Crippen LogP contribution in [0.1, 0.15) is 64.5 Å². The molecule has 0 radical (unpaired) electrons. The molecule has 1 fully saturated rings. The van der Waals surface area contributed by atoms with Gasteiger partial charge in [-0.3, -0.25) is 0 Å². The minimum Gasteiger partial charge on any atom is -0.389 e. The second-order valence-electron chi connectivity index (χ2n) is 6.70. The van der Waals surface area contributed by atoms with Crippen molar-refractivity contribution in [3.63, 3.8) is 0 Å². The first-order valence-corrected chi connectivity index (χ1v) is 8.23. The van der Waals surface area contributed by atoms with E-state index in [0.29, 0.717) is 23.2 Å². The predicted molar refractivity (Wildman–Crippen MR) is 86.1 cm³/mol. The Morgan fingerprint density at radius 2 is 1.90 bits per heavy atom. The largest absolute Gasteiger partial charge is 0.389 e. The molecule has 2 rings (SSSR count). The molecular weight excluding hydrogens is 265 g/mol. The average molecular weight is 293 g/mol. The van der Waals surface area contributed by atoms with Crippen LogP contribution in [-0.4, -0.2) is 17.7 Å². The Morgan fingerprint density at radius 3 is 2.43 bits per heavy atom. The first-order chi connectivity index (χ1) is 9.99. The van der Waals surface area contributed by atoms with Crippen molar-refractivity contribution in [2.75, 3.05) is 11.4 Å². The van der Waals surface area contributed by atoms with Crippen molar-refractivity contribution >= 4 is 5.69 Å². The molecule has 1 saturated carbocycles. The summed E-state index contributed by atoms with van der Waals surface area (Å²) >= 11 is 0. The van der Waals surface area contributed by atoms with Crippen LogP contribution in [-0.2, 0) is 0 Å². The molecule has 1 aromatic rings. The van der Waals surface area contributed by atoms with Crippen LogP contribution in [0.15, 0.2) is 18.2 Å². The molecule has 1 aliphatic rings. The van der Waals surface area contributed by atoms with Gasteiger partial charge in [0, 0.05) is 12.6 Å². The van der Waals surface area contributed by atoms with Gasteiger partial charge in [0.25, 0.3) is 0 Å². The van der Waals surface area contributed by atoms with Gasteiger partial charge in [-0.05, 0) is 49.8 Å². The normalized spacial score (nSPS) is 17.4. The smallest absolute Gasteiger partial charge is 0.146 e. The fourth-order valence-corrected chi connectivity index (χ4v) is 3.13. The summed E-state index contributed by atoms with van der Waals surface area (Å²) in [7, 11) is 0. The molecule has 2 nitrogen and oxygen atoms in total. The number of aliphatic hydroxyl groups excluding tert-OH is 1. The summed E-state index contributed by atoms with van der Waals surface area (Å²) in [5, 5.41) is 9.59. The van der Waals surface area contributed by atoms with Crippen molar-refractivity contribution in [3.05, 3.63) is 29.6 Å². The quantitative estimate of drug-likeness (QED) is 0.823. The highest BCUT2D eigenvalue weighted by Gasteiger charge is 2.25. The van der Waals surface area contributed by atoms with E-state index < -0.39 is 6.10 Å². The molecule has 0 saturated heterocycles. The molecule has 0 spiro atoms. The van der Waals surface area contributed by atoms with Gasteiger partial charge in [-0.2, -0.15) is 0 Å². The van der Waals surface area contributed by atoms with Gasteiger partial charge in [0.05, 0.1) is 11.8 Å². The monoisotopic (exact) mass is 293 g/mol. The summed E-state index contributed by atoms with van der Waals surface area (Å²) in [6.07, 6.45) is 5.27. The summed E-state index contributed by atoms with van der Waals surface area (Å²) in [5.41, 5.74) is 1.35. The van der Waals surface area contributed by atoms with E-state index in [0.717, 1.165) is 25.8 Å². The number of halogens is 1. The van der Waals surface area contributed by atoms with E-state index in [-0.39, 0.29) is 5.82 Å². The van der Waals surface area contributed by atoms with Gasteiger partial charge in [0.1, 0.15) is 5.82 Å². The Labute approximate surface area is 128 Å². The molecule has 118 valence electrons. The van der Waals surface area contributed by atoms with Crippen molar-refractivity contribution in [3.8, 4) is 0 Å². The zero-order chi connectivity index (χ0) is 15.4. The van der Waals surface area contributed by atoms with E-state index in [1.54, 1.807) is 6.92 Å². The molecule has 0 amide bonds. The minimum atomic E-state index is -0.621. The molecule has 3 heteroatoms. The average Bonchev–Trinajstić information content (AvgIpc) is 2.94. The fourth-order valence-electron chi connectivity index (χ4n) is 3.13. The van der Waals surface area contributed by atoms with Gasteiger partial charge in [0.15, 0.2) is 0 Å². The number of nitrogens with zero attached hydrogens (tertiary/aromatic N) is 1. The van der Waals surface area contributed by atoms with Gasteiger partial charge >= 0.3 is 0 Å². The molecule has 0 heterocycles. The molecule has 1 aromatic carbocycles. The molecule has 0 aromatic heterocycles. The summed E-state index contributed by atoms with van der Waals surface area (Å²) < 4.78 is 14.5. The van der Waals surface area contributed by atoms with Crippen LogP contribution in [0.4, 0.5) is 10.1 Å². The first-order valence-electron chi connectivity index (χ1n) is 8.23. The topological polar surface area (TPSA) is 23.5 Å². The van der Waals surface area contributed by atoms with Crippen LogP contribution in [0.5, 0.6) is 0 Å². The van der Waals surface area contributed by atoms with Crippen molar-refractivity contribution in [2.24, 2.45) is 5.92 Å². The van der Waals surface area contributed by atoms with E-state index >= 15 is 0 Å². The van der Waals surface area contributed by atoms with Crippen LogP contribution in [0.2, 0.25) is 0 Å². The van der Waals surface area contributed by atoms with Crippen molar-refractivity contribution in [1.29, 1.82) is 0 Å². The zero-order valence-electron chi connectivity index (χ0n) is 13.5.